The van der Waals surface area contributed by atoms with Gasteiger partial charge in [0.2, 0.25) is 5.91 Å². The Morgan fingerprint density at radius 3 is 1.88 bits per heavy atom. The lowest BCUT2D eigenvalue weighted by Gasteiger charge is -2.19. The molecule has 4 amide bonds. The number of primary amides is 1. The Kier molecular flexibility index (Phi) is 8.07. The molecular formula is C25H26N4O5. The summed E-state index contributed by atoms with van der Waals surface area (Å²) >= 11 is 0. The summed E-state index contributed by atoms with van der Waals surface area (Å²) in [4.78, 5) is 36.8. The summed E-state index contributed by atoms with van der Waals surface area (Å²) in [5, 5.41) is 8.15. The number of amides is 4. The van der Waals surface area contributed by atoms with E-state index in [1.165, 1.54) is 14.2 Å². The molecule has 0 aromatic heterocycles. The van der Waals surface area contributed by atoms with Crippen LogP contribution in [0.5, 0.6) is 11.5 Å². The molecule has 0 aliphatic carbocycles. The lowest BCUT2D eigenvalue weighted by molar-refractivity contribution is -0.116. The predicted molar refractivity (Wildman–Crippen MR) is 129 cm³/mol. The molecule has 1 atom stereocenters. The van der Waals surface area contributed by atoms with E-state index in [1.54, 1.807) is 60.7 Å². The fraction of sp³-hybridized carbons (Fsp3) is 0.160. The SMILES string of the molecule is COc1cc(NC(=O)c2ccccc2)c(OC)cc1NC(=O)C[C@H](NC(N)=O)c1ccccc1. The largest absolute Gasteiger partial charge is 0.494 e. The van der Waals surface area contributed by atoms with Crippen molar-refractivity contribution in [3.8, 4) is 11.5 Å². The van der Waals surface area contributed by atoms with Gasteiger partial charge in [0.05, 0.1) is 38.1 Å². The van der Waals surface area contributed by atoms with E-state index in [-0.39, 0.29) is 18.2 Å². The molecule has 0 radical (unpaired) electrons. The Hall–Kier alpha value is -4.53. The van der Waals surface area contributed by atoms with Gasteiger partial charge in [-0.15, -0.1) is 0 Å². The Morgan fingerprint density at radius 2 is 1.35 bits per heavy atom. The van der Waals surface area contributed by atoms with Gasteiger partial charge in [0, 0.05) is 17.7 Å². The molecule has 0 aliphatic heterocycles. The molecule has 5 N–H and O–H groups in total. The van der Waals surface area contributed by atoms with Crippen molar-refractivity contribution < 1.29 is 23.9 Å². The van der Waals surface area contributed by atoms with Gasteiger partial charge in [0.15, 0.2) is 0 Å². The molecule has 0 saturated heterocycles. The molecule has 0 spiro atoms. The summed E-state index contributed by atoms with van der Waals surface area (Å²) in [5.74, 6) is -0.0584. The molecule has 3 rings (SSSR count). The van der Waals surface area contributed by atoms with Crippen LogP contribution in [0.15, 0.2) is 72.8 Å². The van der Waals surface area contributed by atoms with E-state index in [2.05, 4.69) is 16.0 Å². The molecule has 0 fully saturated rings. The van der Waals surface area contributed by atoms with Gasteiger partial charge < -0.3 is 31.2 Å². The fourth-order valence-corrected chi connectivity index (χ4v) is 3.37. The highest BCUT2D eigenvalue weighted by Gasteiger charge is 2.20. The summed E-state index contributed by atoms with van der Waals surface area (Å²) in [6, 6.07) is 19.5. The molecule has 0 saturated carbocycles. The van der Waals surface area contributed by atoms with E-state index in [4.69, 9.17) is 15.2 Å². The summed E-state index contributed by atoms with van der Waals surface area (Å²) in [7, 11) is 2.90. The van der Waals surface area contributed by atoms with E-state index in [0.29, 0.717) is 28.4 Å². The first kappa shape index (κ1) is 24.1. The van der Waals surface area contributed by atoms with E-state index in [0.717, 1.165) is 5.56 Å². The van der Waals surface area contributed by atoms with Gasteiger partial charge in [0.1, 0.15) is 11.5 Å². The minimum atomic E-state index is -0.737. The van der Waals surface area contributed by atoms with Crippen molar-refractivity contribution in [2.24, 2.45) is 5.73 Å². The Bertz CT molecular complexity index is 1150. The second-order valence-electron chi connectivity index (χ2n) is 7.30. The number of benzene rings is 3. The van der Waals surface area contributed by atoms with Gasteiger partial charge in [-0.25, -0.2) is 4.79 Å². The first-order valence-electron chi connectivity index (χ1n) is 10.4. The number of urea groups is 1. The lowest BCUT2D eigenvalue weighted by Crippen LogP contribution is -2.35. The lowest BCUT2D eigenvalue weighted by atomic mass is 10.0. The summed E-state index contributed by atoms with van der Waals surface area (Å²) < 4.78 is 10.8. The van der Waals surface area contributed by atoms with E-state index in [9.17, 15) is 14.4 Å². The smallest absolute Gasteiger partial charge is 0.312 e. The van der Waals surface area contributed by atoms with Crippen molar-refractivity contribution in [3.63, 3.8) is 0 Å². The summed E-state index contributed by atoms with van der Waals surface area (Å²) in [6.45, 7) is 0. The van der Waals surface area contributed by atoms with Crippen molar-refractivity contribution in [2.75, 3.05) is 24.9 Å². The summed E-state index contributed by atoms with van der Waals surface area (Å²) in [5.41, 5.74) is 7.22. The zero-order chi connectivity index (χ0) is 24.5. The molecule has 0 bridgehead atoms. The van der Waals surface area contributed by atoms with Gasteiger partial charge in [0.25, 0.3) is 5.91 Å². The number of nitrogens with one attached hydrogen (secondary N) is 3. The molecule has 176 valence electrons. The molecule has 0 aliphatic rings. The maximum absolute atomic E-state index is 12.8. The second kappa shape index (κ2) is 11.4. The second-order valence-corrected chi connectivity index (χ2v) is 7.30. The van der Waals surface area contributed by atoms with E-state index in [1.807, 2.05) is 12.1 Å². The zero-order valence-corrected chi connectivity index (χ0v) is 18.8. The highest BCUT2D eigenvalue weighted by Crippen LogP contribution is 2.37. The molecule has 9 nitrogen and oxygen atoms in total. The first-order chi connectivity index (χ1) is 16.4. The number of hydrogen-bond donors (Lipinski definition) is 4. The van der Waals surface area contributed by atoms with Crippen LogP contribution >= 0.6 is 0 Å². The highest BCUT2D eigenvalue weighted by molar-refractivity contribution is 6.05. The summed E-state index contributed by atoms with van der Waals surface area (Å²) in [6.07, 6.45) is -0.0646. The third-order valence-electron chi connectivity index (χ3n) is 4.99. The standard InChI is InChI=1S/C25H26N4O5/c1-33-21-14-20(28-24(31)17-11-7-4-8-12-17)22(34-2)13-19(21)27-23(30)15-18(29-25(26)32)16-9-5-3-6-10-16/h3-14,18H,15H2,1-2H3,(H,27,30)(H,28,31)(H3,26,29,32)/t18-/m0/s1. The van der Waals surface area contributed by atoms with Gasteiger partial charge in [-0.3, -0.25) is 9.59 Å². The van der Waals surface area contributed by atoms with Crippen LogP contribution in [0.1, 0.15) is 28.4 Å². The number of rotatable bonds is 9. The van der Waals surface area contributed by atoms with Crippen LogP contribution in [-0.2, 0) is 4.79 Å². The van der Waals surface area contributed by atoms with Crippen LogP contribution < -0.4 is 31.2 Å². The van der Waals surface area contributed by atoms with Crippen molar-refractivity contribution in [1.29, 1.82) is 0 Å². The van der Waals surface area contributed by atoms with Crippen LogP contribution in [-0.4, -0.2) is 32.1 Å². The molecule has 0 heterocycles. The minimum Gasteiger partial charge on any atom is -0.494 e. The van der Waals surface area contributed by atoms with Crippen LogP contribution in [0, 0.1) is 0 Å². The van der Waals surface area contributed by atoms with Gasteiger partial charge in [-0.2, -0.15) is 0 Å². The number of carbonyl (C=O) groups is 3. The number of anilines is 2. The molecular weight excluding hydrogens is 436 g/mol. The van der Waals surface area contributed by atoms with Gasteiger partial charge >= 0.3 is 6.03 Å². The third-order valence-corrected chi connectivity index (χ3v) is 4.99. The van der Waals surface area contributed by atoms with Crippen LogP contribution in [0.4, 0.5) is 16.2 Å². The maximum Gasteiger partial charge on any atom is 0.312 e. The van der Waals surface area contributed by atoms with Crippen LogP contribution in [0.25, 0.3) is 0 Å². The number of carbonyl (C=O) groups excluding carboxylic acids is 3. The molecule has 34 heavy (non-hydrogen) atoms. The third kappa shape index (κ3) is 6.26. The van der Waals surface area contributed by atoms with E-state index >= 15 is 0 Å². The van der Waals surface area contributed by atoms with Crippen molar-refractivity contribution in [2.45, 2.75) is 12.5 Å². The normalized spacial score (nSPS) is 11.1. The molecule has 9 heteroatoms. The number of hydrogen-bond acceptors (Lipinski definition) is 5. The molecule has 0 unspecified atom stereocenters. The molecule has 3 aromatic rings. The fourth-order valence-electron chi connectivity index (χ4n) is 3.37. The molecule has 3 aromatic carbocycles. The number of nitrogens with two attached hydrogens (primary N) is 1. The van der Waals surface area contributed by atoms with Crippen LogP contribution in [0.2, 0.25) is 0 Å². The highest BCUT2D eigenvalue weighted by atomic mass is 16.5. The number of ether oxygens (including phenoxy) is 2. The Labute approximate surface area is 197 Å². The first-order valence-corrected chi connectivity index (χ1v) is 10.4. The average Bonchev–Trinajstić information content (AvgIpc) is 2.85. The van der Waals surface area contributed by atoms with Gasteiger partial charge in [-0.05, 0) is 17.7 Å². The zero-order valence-electron chi connectivity index (χ0n) is 18.8. The van der Waals surface area contributed by atoms with Crippen molar-refractivity contribution in [1.82, 2.24) is 5.32 Å². The van der Waals surface area contributed by atoms with E-state index < -0.39 is 12.1 Å². The Balaban J connectivity index is 1.80. The Morgan fingerprint density at radius 1 is 0.824 bits per heavy atom. The van der Waals surface area contributed by atoms with Crippen molar-refractivity contribution >= 4 is 29.2 Å². The maximum atomic E-state index is 12.8. The van der Waals surface area contributed by atoms with Crippen LogP contribution in [0.3, 0.4) is 0 Å². The topological polar surface area (TPSA) is 132 Å². The average molecular weight is 463 g/mol. The quantitative estimate of drug-likeness (QED) is 0.385. The number of methoxy groups -OCH3 is 2. The monoisotopic (exact) mass is 462 g/mol. The van der Waals surface area contributed by atoms with Gasteiger partial charge in [-0.1, -0.05) is 48.5 Å². The minimum absolute atomic E-state index is 0.0646. The predicted octanol–water partition coefficient (Wildman–Crippen LogP) is 3.69. The van der Waals surface area contributed by atoms with Crippen molar-refractivity contribution in [3.05, 3.63) is 83.9 Å².